The number of nitrogens with one attached hydrogen (secondary N) is 2. The molecule has 0 bridgehead atoms. The summed E-state index contributed by atoms with van der Waals surface area (Å²) in [6, 6.07) is 18.1. The summed E-state index contributed by atoms with van der Waals surface area (Å²) in [5.74, 6) is -0.431. The lowest BCUT2D eigenvalue weighted by molar-refractivity contribution is 0.0922. The van der Waals surface area contributed by atoms with E-state index >= 15 is 0 Å². The average Bonchev–Trinajstić information content (AvgIpc) is 2.71. The quantitative estimate of drug-likeness (QED) is 0.615. The van der Waals surface area contributed by atoms with Gasteiger partial charge in [-0.15, -0.1) is 0 Å². The van der Waals surface area contributed by atoms with Crippen molar-refractivity contribution in [2.24, 2.45) is 0 Å². The Bertz CT molecular complexity index is 1010. The van der Waals surface area contributed by atoms with Crippen LogP contribution in [0.5, 0.6) is 5.75 Å². The molecule has 0 aliphatic heterocycles. The molecule has 2 amide bonds. The monoisotopic (exact) mass is 378 g/mol. The number of benzene rings is 3. The van der Waals surface area contributed by atoms with Crippen LogP contribution in [0.3, 0.4) is 0 Å². The zero-order valence-corrected chi connectivity index (χ0v) is 15.7. The van der Waals surface area contributed by atoms with Crippen LogP contribution in [0.4, 0.5) is 5.69 Å². The van der Waals surface area contributed by atoms with E-state index in [1.54, 1.807) is 31.2 Å². The molecule has 3 aromatic carbocycles. The van der Waals surface area contributed by atoms with E-state index in [9.17, 15) is 14.7 Å². The number of ether oxygens (including phenoxy) is 1. The number of rotatable bonds is 6. The number of methoxy groups -OCH3 is 1. The number of aliphatic hydroxyl groups is 1. The van der Waals surface area contributed by atoms with Crippen LogP contribution in [0.15, 0.2) is 60.7 Å². The van der Waals surface area contributed by atoms with Gasteiger partial charge < -0.3 is 20.5 Å². The first-order chi connectivity index (χ1) is 13.5. The summed E-state index contributed by atoms with van der Waals surface area (Å²) >= 11 is 0. The Hall–Kier alpha value is -3.38. The Morgan fingerprint density at radius 3 is 2.46 bits per heavy atom. The fraction of sp³-hybridized carbons (Fsp3) is 0.182. The molecule has 1 atom stereocenters. The molecular formula is C22H22N2O4. The largest absolute Gasteiger partial charge is 0.496 e. The zero-order valence-electron chi connectivity index (χ0n) is 15.7. The van der Waals surface area contributed by atoms with Gasteiger partial charge in [-0.2, -0.15) is 0 Å². The standard InChI is InChI=1S/C22H22N2O4/c1-14(25)13-23-22(27)20-18(11-6-12-19(20)28-2)24-21(26)17-10-5-8-15-7-3-4-9-16(15)17/h3-12,14,25H,13H2,1-2H3,(H,23,27)(H,24,26). The maximum Gasteiger partial charge on any atom is 0.257 e. The molecule has 0 fully saturated rings. The lowest BCUT2D eigenvalue weighted by atomic mass is 10.0. The second-order valence-electron chi connectivity index (χ2n) is 6.42. The molecular weight excluding hydrogens is 356 g/mol. The van der Waals surface area contributed by atoms with Gasteiger partial charge in [-0.25, -0.2) is 0 Å². The van der Waals surface area contributed by atoms with Crippen LogP contribution >= 0.6 is 0 Å². The molecule has 144 valence electrons. The third kappa shape index (κ3) is 4.13. The summed E-state index contributed by atoms with van der Waals surface area (Å²) in [4.78, 5) is 25.6. The number of carbonyl (C=O) groups is 2. The van der Waals surface area contributed by atoms with Crippen LogP contribution in [0.25, 0.3) is 10.8 Å². The first-order valence-electron chi connectivity index (χ1n) is 8.93. The number of fused-ring (bicyclic) bond motifs is 1. The SMILES string of the molecule is COc1cccc(NC(=O)c2cccc3ccccc23)c1C(=O)NCC(C)O. The molecule has 3 aromatic rings. The molecule has 0 radical (unpaired) electrons. The zero-order chi connectivity index (χ0) is 20.1. The van der Waals surface area contributed by atoms with Gasteiger partial charge in [-0.05, 0) is 35.9 Å². The van der Waals surface area contributed by atoms with E-state index in [4.69, 9.17) is 4.74 Å². The predicted octanol–water partition coefficient (Wildman–Crippen LogP) is 3.21. The fourth-order valence-electron chi connectivity index (χ4n) is 2.98. The van der Waals surface area contributed by atoms with Crippen molar-refractivity contribution in [3.63, 3.8) is 0 Å². The van der Waals surface area contributed by atoms with Crippen molar-refractivity contribution in [3.05, 3.63) is 71.8 Å². The van der Waals surface area contributed by atoms with Crippen molar-refractivity contribution in [2.75, 3.05) is 19.0 Å². The van der Waals surface area contributed by atoms with E-state index in [2.05, 4.69) is 10.6 Å². The van der Waals surface area contributed by atoms with Crippen LogP contribution < -0.4 is 15.4 Å². The molecule has 1 unspecified atom stereocenters. The first-order valence-corrected chi connectivity index (χ1v) is 8.93. The minimum Gasteiger partial charge on any atom is -0.496 e. The highest BCUT2D eigenvalue weighted by Crippen LogP contribution is 2.28. The van der Waals surface area contributed by atoms with Crippen molar-refractivity contribution >= 4 is 28.3 Å². The maximum atomic E-state index is 12.9. The molecule has 0 saturated heterocycles. The molecule has 6 heteroatoms. The molecule has 3 rings (SSSR count). The van der Waals surface area contributed by atoms with Gasteiger partial charge in [0.05, 0.1) is 18.9 Å². The van der Waals surface area contributed by atoms with Gasteiger partial charge >= 0.3 is 0 Å². The van der Waals surface area contributed by atoms with Crippen molar-refractivity contribution in [1.82, 2.24) is 5.32 Å². The Morgan fingerprint density at radius 2 is 1.71 bits per heavy atom. The Balaban J connectivity index is 1.95. The summed E-state index contributed by atoms with van der Waals surface area (Å²) in [6.45, 7) is 1.67. The predicted molar refractivity (Wildman–Crippen MR) is 109 cm³/mol. The number of carbonyl (C=O) groups excluding carboxylic acids is 2. The molecule has 28 heavy (non-hydrogen) atoms. The summed E-state index contributed by atoms with van der Waals surface area (Å²) in [5.41, 5.74) is 1.05. The highest BCUT2D eigenvalue weighted by atomic mass is 16.5. The van der Waals surface area contributed by atoms with Gasteiger partial charge in [-0.3, -0.25) is 9.59 Å². The topological polar surface area (TPSA) is 87.7 Å². The Labute approximate surface area is 163 Å². The van der Waals surface area contributed by atoms with Gasteiger partial charge in [0.15, 0.2) is 0 Å². The van der Waals surface area contributed by atoms with Crippen LogP contribution in [-0.4, -0.2) is 36.7 Å². The highest BCUT2D eigenvalue weighted by molar-refractivity contribution is 6.15. The van der Waals surface area contributed by atoms with Crippen LogP contribution in [-0.2, 0) is 0 Å². The molecule has 0 aliphatic rings. The summed E-state index contributed by atoms with van der Waals surface area (Å²) in [7, 11) is 1.46. The molecule has 3 N–H and O–H groups in total. The lowest BCUT2D eigenvalue weighted by Crippen LogP contribution is -2.31. The summed E-state index contributed by atoms with van der Waals surface area (Å²) < 4.78 is 5.30. The van der Waals surface area contributed by atoms with Crippen molar-refractivity contribution in [2.45, 2.75) is 13.0 Å². The minimum atomic E-state index is -0.688. The second kappa shape index (κ2) is 8.54. The van der Waals surface area contributed by atoms with Gasteiger partial charge in [0.2, 0.25) is 0 Å². The van der Waals surface area contributed by atoms with Gasteiger partial charge in [-0.1, -0.05) is 42.5 Å². The van der Waals surface area contributed by atoms with E-state index in [1.165, 1.54) is 7.11 Å². The highest BCUT2D eigenvalue weighted by Gasteiger charge is 2.20. The molecule has 0 saturated carbocycles. The van der Waals surface area contributed by atoms with E-state index in [0.29, 0.717) is 17.0 Å². The third-order valence-corrected chi connectivity index (χ3v) is 4.31. The van der Waals surface area contributed by atoms with Gasteiger partial charge in [0.1, 0.15) is 11.3 Å². The average molecular weight is 378 g/mol. The van der Waals surface area contributed by atoms with Gasteiger partial charge in [0.25, 0.3) is 11.8 Å². The Kier molecular flexibility index (Phi) is 5.91. The van der Waals surface area contributed by atoms with E-state index in [0.717, 1.165) is 10.8 Å². The van der Waals surface area contributed by atoms with Crippen LogP contribution in [0, 0.1) is 0 Å². The van der Waals surface area contributed by atoms with Crippen molar-refractivity contribution in [1.29, 1.82) is 0 Å². The minimum absolute atomic E-state index is 0.0909. The Morgan fingerprint density at radius 1 is 1.00 bits per heavy atom. The van der Waals surface area contributed by atoms with Crippen molar-refractivity contribution < 1.29 is 19.4 Å². The number of hydrogen-bond donors (Lipinski definition) is 3. The van der Waals surface area contributed by atoms with Crippen LogP contribution in [0.1, 0.15) is 27.6 Å². The number of hydrogen-bond acceptors (Lipinski definition) is 4. The normalized spacial score (nSPS) is 11.7. The van der Waals surface area contributed by atoms with Crippen LogP contribution in [0.2, 0.25) is 0 Å². The van der Waals surface area contributed by atoms with E-state index < -0.39 is 12.0 Å². The molecule has 0 aliphatic carbocycles. The smallest absolute Gasteiger partial charge is 0.257 e. The third-order valence-electron chi connectivity index (χ3n) is 4.31. The first kappa shape index (κ1) is 19.4. The van der Waals surface area contributed by atoms with E-state index in [1.807, 2.05) is 36.4 Å². The lowest BCUT2D eigenvalue weighted by Gasteiger charge is -2.16. The maximum absolute atomic E-state index is 12.9. The summed E-state index contributed by atoms with van der Waals surface area (Å²) in [5, 5.41) is 16.7. The number of anilines is 1. The molecule has 6 nitrogen and oxygen atoms in total. The summed E-state index contributed by atoms with van der Waals surface area (Å²) in [6.07, 6.45) is -0.688. The molecule has 0 spiro atoms. The van der Waals surface area contributed by atoms with Crippen molar-refractivity contribution in [3.8, 4) is 5.75 Å². The van der Waals surface area contributed by atoms with Gasteiger partial charge in [0, 0.05) is 12.1 Å². The van der Waals surface area contributed by atoms with E-state index in [-0.39, 0.29) is 18.0 Å². The second-order valence-corrected chi connectivity index (χ2v) is 6.42. The molecule has 0 aromatic heterocycles. The number of aliphatic hydroxyl groups excluding tert-OH is 1. The molecule has 0 heterocycles. The number of amides is 2. The fourth-order valence-corrected chi connectivity index (χ4v) is 2.98.